The predicted octanol–water partition coefficient (Wildman–Crippen LogP) is 11.5. The van der Waals surface area contributed by atoms with Crippen LogP contribution in [0.25, 0.3) is 88.1 Å². The minimum absolute atomic E-state index is 1.01. The van der Waals surface area contributed by atoms with Gasteiger partial charge in [-0.25, -0.2) is 0 Å². The molecule has 1 heterocycles. The highest BCUT2D eigenvalue weighted by Crippen LogP contribution is 2.58. The SMILES string of the molecule is Cc1nc(-c2cc3c4c(cccc4c2)-c2c-3c(-c3ccccc3)c3ccccc3c2-c2ccccc2)cc2ccccc12. The lowest BCUT2D eigenvalue weighted by Gasteiger charge is -2.20. The summed E-state index contributed by atoms with van der Waals surface area (Å²) < 4.78 is 0. The molecule has 1 heteroatoms. The van der Waals surface area contributed by atoms with E-state index in [9.17, 15) is 0 Å². The van der Waals surface area contributed by atoms with Crippen molar-refractivity contribution < 1.29 is 0 Å². The summed E-state index contributed by atoms with van der Waals surface area (Å²) in [6.07, 6.45) is 0. The summed E-state index contributed by atoms with van der Waals surface area (Å²) in [7, 11) is 0. The quantitative estimate of drug-likeness (QED) is 0.215. The molecule has 9 rings (SSSR count). The molecule has 0 unspecified atom stereocenters. The summed E-state index contributed by atoms with van der Waals surface area (Å²) in [6.45, 7) is 2.12. The van der Waals surface area contributed by atoms with Crippen LogP contribution >= 0.6 is 0 Å². The summed E-state index contributed by atoms with van der Waals surface area (Å²) in [5.41, 5.74) is 13.5. The highest BCUT2D eigenvalue weighted by molar-refractivity contribution is 6.28. The molecular weight excluding hydrogens is 518 g/mol. The number of benzene rings is 7. The number of rotatable bonds is 3. The first-order valence-electron chi connectivity index (χ1n) is 14.9. The second-order valence-electron chi connectivity index (χ2n) is 11.5. The van der Waals surface area contributed by atoms with E-state index in [1.54, 1.807) is 0 Å². The van der Waals surface area contributed by atoms with Gasteiger partial charge in [0.1, 0.15) is 0 Å². The van der Waals surface area contributed by atoms with E-state index >= 15 is 0 Å². The first-order valence-corrected chi connectivity index (χ1v) is 14.9. The number of aromatic nitrogens is 1. The van der Waals surface area contributed by atoms with Crippen LogP contribution in [0.1, 0.15) is 5.69 Å². The number of aryl methyl sites for hydroxylation is 1. The van der Waals surface area contributed by atoms with Crippen molar-refractivity contribution in [2.45, 2.75) is 6.92 Å². The Morgan fingerprint density at radius 2 is 0.953 bits per heavy atom. The predicted molar refractivity (Wildman–Crippen MR) is 182 cm³/mol. The van der Waals surface area contributed by atoms with E-state index < -0.39 is 0 Å². The molecule has 7 aromatic carbocycles. The second-order valence-corrected chi connectivity index (χ2v) is 11.5. The number of hydrogen-bond acceptors (Lipinski definition) is 1. The van der Waals surface area contributed by atoms with Gasteiger partial charge in [0.15, 0.2) is 0 Å². The molecule has 200 valence electrons. The van der Waals surface area contributed by atoms with E-state index in [2.05, 4.69) is 153 Å². The summed E-state index contributed by atoms with van der Waals surface area (Å²) in [5, 5.41) is 7.55. The summed E-state index contributed by atoms with van der Waals surface area (Å²) in [5.74, 6) is 0. The van der Waals surface area contributed by atoms with E-state index in [-0.39, 0.29) is 0 Å². The molecule has 8 aromatic rings. The maximum atomic E-state index is 5.12. The molecule has 0 fully saturated rings. The normalized spacial score (nSPS) is 11.8. The van der Waals surface area contributed by atoms with Crippen LogP contribution in [0.5, 0.6) is 0 Å². The molecule has 0 radical (unpaired) electrons. The third kappa shape index (κ3) is 3.55. The van der Waals surface area contributed by atoms with Gasteiger partial charge in [-0.05, 0) is 96.6 Å². The largest absolute Gasteiger partial charge is 0.252 e. The number of nitrogens with zero attached hydrogens (tertiary/aromatic N) is 1. The van der Waals surface area contributed by atoms with Gasteiger partial charge in [0.2, 0.25) is 0 Å². The zero-order valence-electron chi connectivity index (χ0n) is 23.8. The molecular formula is C42H27N. The Hall–Kier alpha value is -5.53. The van der Waals surface area contributed by atoms with E-state index in [1.165, 1.54) is 76.8 Å². The van der Waals surface area contributed by atoms with Crippen LogP contribution in [-0.4, -0.2) is 4.98 Å². The first kappa shape index (κ1) is 24.1. The monoisotopic (exact) mass is 545 g/mol. The summed E-state index contributed by atoms with van der Waals surface area (Å²) >= 11 is 0. The Bertz CT molecular complexity index is 2380. The van der Waals surface area contributed by atoms with Crippen molar-refractivity contribution in [2.24, 2.45) is 0 Å². The van der Waals surface area contributed by atoms with Crippen molar-refractivity contribution in [1.82, 2.24) is 4.98 Å². The van der Waals surface area contributed by atoms with Crippen molar-refractivity contribution in [3.8, 4) is 55.8 Å². The van der Waals surface area contributed by atoms with E-state index in [4.69, 9.17) is 4.98 Å². The molecule has 1 aliphatic carbocycles. The van der Waals surface area contributed by atoms with E-state index in [0.717, 1.165) is 17.0 Å². The molecule has 1 aliphatic rings. The molecule has 0 saturated carbocycles. The van der Waals surface area contributed by atoms with Crippen molar-refractivity contribution in [3.63, 3.8) is 0 Å². The van der Waals surface area contributed by atoms with Crippen molar-refractivity contribution >= 4 is 32.3 Å². The number of hydrogen-bond donors (Lipinski definition) is 0. The number of fused-ring (bicyclic) bond motifs is 5. The van der Waals surface area contributed by atoms with Gasteiger partial charge < -0.3 is 0 Å². The Kier molecular flexibility index (Phi) is 5.18. The Morgan fingerprint density at radius 1 is 0.395 bits per heavy atom. The van der Waals surface area contributed by atoms with Gasteiger partial charge in [0.25, 0.3) is 0 Å². The van der Waals surface area contributed by atoms with Gasteiger partial charge in [-0.1, -0.05) is 127 Å². The zero-order chi connectivity index (χ0) is 28.5. The van der Waals surface area contributed by atoms with Crippen LogP contribution in [0.4, 0.5) is 0 Å². The smallest absolute Gasteiger partial charge is 0.0712 e. The van der Waals surface area contributed by atoms with Crippen LogP contribution in [0.3, 0.4) is 0 Å². The lowest BCUT2D eigenvalue weighted by Crippen LogP contribution is -1.94. The Labute approximate surface area is 250 Å². The van der Waals surface area contributed by atoms with E-state index in [0.29, 0.717) is 0 Å². The fourth-order valence-corrected chi connectivity index (χ4v) is 7.29. The lowest BCUT2D eigenvalue weighted by molar-refractivity contribution is 1.24. The third-order valence-corrected chi connectivity index (χ3v) is 9.08. The lowest BCUT2D eigenvalue weighted by atomic mass is 9.82. The molecule has 0 atom stereocenters. The molecule has 0 amide bonds. The highest BCUT2D eigenvalue weighted by Gasteiger charge is 2.31. The van der Waals surface area contributed by atoms with Crippen LogP contribution in [0, 0.1) is 6.92 Å². The molecule has 0 bridgehead atoms. The fourth-order valence-electron chi connectivity index (χ4n) is 7.29. The topological polar surface area (TPSA) is 12.9 Å². The van der Waals surface area contributed by atoms with Gasteiger partial charge in [0.05, 0.1) is 5.69 Å². The van der Waals surface area contributed by atoms with Gasteiger partial charge in [0, 0.05) is 16.6 Å². The molecule has 1 aromatic heterocycles. The van der Waals surface area contributed by atoms with Crippen LogP contribution in [-0.2, 0) is 0 Å². The number of pyridine rings is 1. The zero-order valence-corrected chi connectivity index (χ0v) is 23.8. The van der Waals surface area contributed by atoms with Gasteiger partial charge in [-0.3, -0.25) is 4.98 Å². The van der Waals surface area contributed by atoms with Gasteiger partial charge >= 0.3 is 0 Å². The standard InChI is InChI=1S/C42H27N/c1-26-32-19-9-8-17-29(32)25-37(43-26)31-23-30-18-12-22-35-38(30)36(24-31)42-40(28-15-6-3-7-16-28)34-21-11-10-20-33(34)39(41(35)42)27-13-4-2-5-14-27/h2-25H,1H3. The third-order valence-electron chi connectivity index (χ3n) is 9.08. The Morgan fingerprint density at radius 3 is 1.63 bits per heavy atom. The maximum absolute atomic E-state index is 5.12. The summed E-state index contributed by atoms with van der Waals surface area (Å²) in [6, 6.07) is 53.0. The van der Waals surface area contributed by atoms with Crippen molar-refractivity contribution in [1.29, 1.82) is 0 Å². The molecule has 0 N–H and O–H groups in total. The highest BCUT2D eigenvalue weighted by atomic mass is 14.7. The average Bonchev–Trinajstić information content (AvgIpc) is 3.39. The molecule has 0 spiro atoms. The molecule has 43 heavy (non-hydrogen) atoms. The van der Waals surface area contributed by atoms with Gasteiger partial charge in [-0.15, -0.1) is 0 Å². The van der Waals surface area contributed by atoms with Crippen molar-refractivity contribution in [3.05, 3.63) is 151 Å². The average molecular weight is 546 g/mol. The first-order chi connectivity index (χ1) is 21.3. The van der Waals surface area contributed by atoms with E-state index in [1.807, 2.05) is 0 Å². The Balaban J connectivity index is 1.45. The van der Waals surface area contributed by atoms with Gasteiger partial charge in [-0.2, -0.15) is 0 Å². The minimum Gasteiger partial charge on any atom is -0.252 e. The molecule has 1 nitrogen and oxygen atoms in total. The minimum atomic E-state index is 1.01. The van der Waals surface area contributed by atoms with Crippen LogP contribution in [0.15, 0.2) is 146 Å². The summed E-state index contributed by atoms with van der Waals surface area (Å²) in [4.78, 5) is 5.12. The maximum Gasteiger partial charge on any atom is 0.0712 e. The van der Waals surface area contributed by atoms with Crippen LogP contribution < -0.4 is 0 Å². The molecule has 0 saturated heterocycles. The second kappa shape index (κ2) is 9.24. The van der Waals surface area contributed by atoms with Crippen LogP contribution in [0.2, 0.25) is 0 Å². The fraction of sp³-hybridized carbons (Fsp3) is 0.0238. The van der Waals surface area contributed by atoms with Crippen molar-refractivity contribution in [2.75, 3.05) is 0 Å². The molecule has 0 aliphatic heterocycles.